The minimum atomic E-state index is -0.726. The van der Waals surface area contributed by atoms with Gasteiger partial charge in [-0.2, -0.15) is 10.4 Å². The van der Waals surface area contributed by atoms with E-state index in [1.54, 1.807) is 19.1 Å². The summed E-state index contributed by atoms with van der Waals surface area (Å²) < 4.78 is 0. The number of amides is 2. The van der Waals surface area contributed by atoms with Gasteiger partial charge in [-0.25, -0.2) is 10.2 Å². The molecular formula is C8H9N5O. The van der Waals surface area contributed by atoms with Crippen LogP contribution in [-0.2, 0) is 0 Å². The Bertz CT molecular complexity index is 412. The van der Waals surface area contributed by atoms with Crippen molar-refractivity contribution in [2.45, 2.75) is 6.92 Å². The van der Waals surface area contributed by atoms with E-state index in [1.165, 1.54) is 0 Å². The standard InChI is InChI=1S/C8H9N5O/c1-5(12-13-8(10)14)7-3-2-6(4-9)11-7/h2-3,11H,1H3,(H3,10,13,14). The van der Waals surface area contributed by atoms with Gasteiger partial charge in [0.05, 0.1) is 11.4 Å². The van der Waals surface area contributed by atoms with Crippen molar-refractivity contribution in [3.8, 4) is 6.07 Å². The highest BCUT2D eigenvalue weighted by atomic mass is 16.2. The average Bonchev–Trinajstić information content (AvgIpc) is 2.62. The Kier molecular flexibility index (Phi) is 2.86. The Morgan fingerprint density at radius 1 is 1.71 bits per heavy atom. The first-order valence-electron chi connectivity index (χ1n) is 3.82. The maximum Gasteiger partial charge on any atom is 0.332 e. The fourth-order valence-electron chi connectivity index (χ4n) is 0.871. The smallest absolute Gasteiger partial charge is 0.332 e. The number of nitriles is 1. The minimum Gasteiger partial charge on any atom is -0.350 e. The summed E-state index contributed by atoms with van der Waals surface area (Å²) in [7, 11) is 0. The van der Waals surface area contributed by atoms with Crippen molar-refractivity contribution in [3.63, 3.8) is 0 Å². The average molecular weight is 191 g/mol. The van der Waals surface area contributed by atoms with Gasteiger partial charge in [0, 0.05) is 0 Å². The van der Waals surface area contributed by atoms with E-state index in [1.807, 2.05) is 6.07 Å². The van der Waals surface area contributed by atoms with E-state index in [-0.39, 0.29) is 0 Å². The van der Waals surface area contributed by atoms with E-state index in [2.05, 4.69) is 15.5 Å². The SMILES string of the molecule is CC(=NNC(N)=O)c1ccc(C#N)[nH]1. The number of nitrogens with two attached hydrogens (primary N) is 1. The van der Waals surface area contributed by atoms with E-state index in [4.69, 9.17) is 11.0 Å². The third-order valence-electron chi connectivity index (χ3n) is 1.53. The van der Waals surface area contributed by atoms with Crippen LogP contribution in [0.1, 0.15) is 18.3 Å². The highest BCUT2D eigenvalue weighted by molar-refractivity contribution is 5.97. The molecule has 1 aromatic rings. The van der Waals surface area contributed by atoms with Gasteiger partial charge < -0.3 is 10.7 Å². The highest BCUT2D eigenvalue weighted by Gasteiger charge is 2.01. The summed E-state index contributed by atoms with van der Waals surface area (Å²) >= 11 is 0. The van der Waals surface area contributed by atoms with E-state index >= 15 is 0 Å². The summed E-state index contributed by atoms with van der Waals surface area (Å²) in [5.41, 5.74) is 8.57. The van der Waals surface area contributed by atoms with Crippen LogP contribution in [0.25, 0.3) is 0 Å². The summed E-state index contributed by atoms with van der Waals surface area (Å²) in [6, 6.07) is 4.54. The van der Waals surface area contributed by atoms with Crippen molar-refractivity contribution < 1.29 is 4.79 Å². The van der Waals surface area contributed by atoms with E-state index in [0.717, 1.165) is 0 Å². The number of nitrogens with zero attached hydrogens (tertiary/aromatic N) is 2. The molecule has 0 saturated carbocycles. The van der Waals surface area contributed by atoms with Gasteiger partial charge in [0.2, 0.25) is 0 Å². The number of carbonyl (C=O) groups excluding carboxylic acids is 1. The summed E-state index contributed by atoms with van der Waals surface area (Å²) in [5.74, 6) is 0. The number of primary amides is 1. The Labute approximate surface area is 80.4 Å². The zero-order valence-corrected chi connectivity index (χ0v) is 7.53. The maximum absolute atomic E-state index is 10.3. The lowest BCUT2D eigenvalue weighted by Crippen LogP contribution is -2.25. The predicted molar refractivity (Wildman–Crippen MR) is 50.4 cm³/mol. The number of aromatic nitrogens is 1. The number of carbonyl (C=O) groups is 1. The van der Waals surface area contributed by atoms with Gasteiger partial charge in [0.25, 0.3) is 0 Å². The molecule has 0 bridgehead atoms. The summed E-state index contributed by atoms with van der Waals surface area (Å²) in [4.78, 5) is 13.1. The molecule has 0 aliphatic heterocycles. The minimum absolute atomic E-state index is 0.439. The van der Waals surface area contributed by atoms with Gasteiger partial charge in [0.1, 0.15) is 11.8 Å². The number of urea groups is 1. The second kappa shape index (κ2) is 4.09. The van der Waals surface area contributed by atoms with Gasteiger partial charge in [-0.05, 0) is 19.1 Å². The van der Waals surface area contributed by atoms with Crippen LogP contribution in [-0.4, -0.2) is 16.7 Å². The molecule has 72 valence electrons. The summed E-state index contributed by atoms with van der Waals surface area (Å²) in [6.45, 7) is 1.68. The zero-order valence-electron chi connectivity index (χ0n) is 7.53. The van der Waals surface area contributed by atoms with E-state index in [9.17, 15) is 4.79 Å². The molecule has 0 radical (unpaired) electrons. The molecule has 0 unspecified atom stereocenters. The number of aromatic amines is 1. The first-order chi connectivity index (χ1) is 6.63. The van der Waals surface area contributed by atoms with E-state index in [0.29, 0.717) is 17.1 Å². The van der Waals surface area contributed by atoms with Crippen LogP contribution >= 0.6 is 0 Å². The van der Waals surface area contributed by atoms with E-state index < -0.39 is 6.03 Å². The fourth-order valence-corrected chi connectivity index (χ4v) is 0.871. The number of nitrogens with one attached hydrogen (secondary N) is 2. The van der Waals surface area contributed by atoms with Gasteiger partial charge in [0.15, 0.2) is 0 Å². The predicted octanol–water partition coefficient (Wildman–Crippen LogP) is 0.279. The zero-order chi connectivity index (χ0) is 10.6. The van der Waals surface area contributed by atoms with Crippen molar-refractivity contribution in [2.24, 2.45) is 10.8 Å². The van der Waals surface area contributed by atoms with Crippen molar-refractivity contribution in [1.29, 1.82) is 5.26 Å². The molecule has 0 atom stereocenters. The molecule has 0 saturated heterocycles. The molecule has 0 fully saturated rings. The lowest BCUT2D eigenvalue weighted by molar-refractivity contribution is 0.249. The quantitative estimate of drug-likeness (QED) is 0.461. The first-order valence-corrected chi connectivity index (χ1v) is 3.82. The molecule has 14 heavy (non-hydrogen) atoms. The molecular weight excluding hydrogens is 182 g/mol. The number of hydrogen-bond acceptors (Lipinski definition) is 3. The van der Waals surface area contributed by atoms with Gasteiger partial charge in [-0.15, -0.1) is 0 Å². The molecule has 1 aromatic heterocycles. The van der Waals surface area contributed by atoms with Crippen molar-refractivity contribution in [1.82, 2.24) is 10.4 Å². The highest BCUT2D eigenvalue weighted by Crippen LogP contribution is 2.01. The second-order valence-corrected chi connectivity index (χ2v) is 2.57. The van der Waals surface area contributed by atoms with Crippen LogP contribution in [0.15, 0.2) is 17.2 Å². The van der Waals surface area contributed by atoms with Crippen LogP contribution in [0.3, 0.4) is 0 Å². The van der Waals surface area contributed by atoms with Gasteiger partial charge in [-0.1, -0.05) is 0 Å². The molecule has 6 heteroatoms. The topological polar surface area (TPSA) is 107 Å². The Morgan fingerprint density at radius 3 is 2.93 bits per heavy atom. The monoisotopic (exact) mass is 191 g/mol. The molecule has 6 nitrogen and oxygen atoms in total. The number of hydrazone groups is 1. The first kappa shape index (κ1) is 9.80. The van der Waals surface area contributed by atoms with Crippen LogP contribution < -0.4 is 11.2 Å². The second-order valence-electron chi connectivity index (χ2n) is 2.57. The molecule has 0 aliphatic carbocycles. The van der Waals surface area contributed by atoms with Crippen LogP contribution in [0.5, 0.6) is 0 Å². The van der Waals surface area contributed by atoms with Crippen molar-refractivity contribution in [2.75, 3.05) is 0 Å². The number of rotatable bonds is 2. The van der Waals surface area contributed by atoms with Gasteiger partial charge >= 0.3 is 6.03 Å². The molecule has 1 heterocycles. The maximum atomic E-state index is 10.3. The number of H-pyrrole nitrogens is 1. The molecule has 0 spiro atoms. The van der Waals surface area contributed by atoms with Crippen molar-refractivity contribution in [3.05, 3.63) is 23.5 Å². The fraction of sp³-hybridized carbons (Fsp3) is 0.125. The van der Waals surface area contributed by atoms with Gasteiger partial charge in [-0.3, -0.25) is 0 Å². The summed E-state index contributed by atoms with van der Waals surface area (Å²) in [5, 5.41) is 12.2. The van der Waals surface area contributed by atoms with Crippen molar-refractivity contribution >= 4 is 11.7 Å². The van der Waals surface area contributed by atoms with Crippen LogP contribution in [0, 0.1) is 11.3 Å². The lowest BCUT2D eigenvalue weighted by atomic mass is 10.3. The molecule has 4 N–H and O–H groups in total. The van der Waals surface area contributed by atoms with Crippen LogP contribution in [0.4, 0.5) is 4.79 Å². The number of hydrogen-bond donors (Lipinski definition) is 3. The Balaban J connectivity index is 2.79. The third kappa shape index (κ3) is 2.35. The Hall–Kier alpha value is -2.29. The normalized spacial score (nSPS) is 10.7. The summed E-state index contributed by atoms with van der Waals surface area (Å²) in [6.07, 6.45) is 0. The van der Waals surface area contributed by atoms with Crippen LogP contribution in [0.2, 0.25) is 0 Å². The Morgan fingerprint density at radius 2 is 2.43 bits per heavy atom. The lowest BCUT2D eigenvalue weighted by Gasteiger charge is -1.96. The molecule has 0 aromatic carbocycles. The third-order valence-corrected chi connectivity index (χ3v) is 1.53. The molecule has 1 rings (SSSR count). The largest absolute Gasteiger partial charge is 0.350 e. The molecule has 2 amide bonds. The molecule has 0 aliphatic rings.